The van der Waals surface area contributed by atoms with Gasteiger partial charge in [-0.1, -0.05) is 42.8 Å². The number of benzene rings is 2. The van der Waals surface area contributed by atoms with Crippen molar-refractivity contribution in [2.45, 2.75) is 44.7 Å². The van der Waals surface area contributed by atoms with E-state index in [1.807, 2.05) is 20.8 Å². The van der Waals surface area contributed by atoms with Crippen LogP contribution >= 0.6 is 0 Å². The van der Waals surface area contributed by atoms with E-state index in [2.05, 4.69) is 11.9 Å². The molecular formula is C22H28N2O3S. The number of sulfonamides is 1. The zero-order chi connectivity index (χ0) is 20.7. The molecule has 0 aliphatic heterocycles. The largest absolute Gasteiger partial charge is 0.350 e. The summed E-state index contributed by atoms with van der Waals surface area (Å²) in [4.78, 5) is 12.4. The van der Waals surface area contributed by atoms with Crippen LogP contribution in [0.3, 0.4) is 0 Å². The minimum Gasteiger partial charge on any atom is -0.350 e. The van der Waals surface area contributed by atoms with Crippen molar-refractivity contribution in [1.82, 2.24) is 9.62 Å². The van der Waals surface area contributed by atoms with E-state index in [1.54, 1.807) is 54.6 Å². The van der Waals surface area contributed by atoms with Crippen molar-refractivity contribution in [1.29, 1.82) is 0 Å². The lowest BCUT2D eigenvalue weighted by molar-refractivity contribution is 0.0939. The van der Waals surface area contributed by atoms with Crippen LogP contribution in [0.1, 0.15) is 41.8 Å². The van der Waals surface area contributed by atoms with Gasteiger partial charge in [0.1, 0.15) is 0 Å². The van der Waals surface area contributed by atoms with Crippen molar-refractivity contribution < 1.29 is 13.2 Å². The Bertz CT molecular complexity index is 904. The first-order chi connectivity index (χ1) is 13.3. The van der Waals surface area contributed by atoms with E-state index in [0.29, 0.717) is 5.56 Å². The fourth-order valence-electron chi connectivity index (χ4n) is 2.63. The third-order valence-corrected chi connectivity index (χ3v) is 6.38. The average molecular weight is 401 g/mol. The molecule has 28 heavy (non-hydrogen) atoms. The average Bonchev–Trinajstić information content (AvgIpc) is 2.68. The van der Waals surface area contributed by atoms with Gasteiger partial charge in [-0.2, -0.15) is 4.31 Å². The van der Waals surface area contributed by atoms with Gasteiger partial charge in [0, 0.05) is 24.7 Å². The van der Waals surface area contributed by atoms with Gasteiger partial charge in [-0.05, 0) is 50.1 Å². The standard InChI is InChI=1S/C22H28N2O3S/c1-5-15-24(28(26,27)21-13-7-17(3)8-14-21)16-19-9-11-20(12-10-19)22(25)23-18(4)6-2/h5,7-14,18H,1,6,15-16H2,2-4H3,(H,23,25)/t18-/m1/s1. The summed E-state index contributed by atoms with van der Waals surface area (Å²) < 4.78 is 27.3. The molecule has 0 unspecified atom stereocenters. The maximum atomic E-state index is 13.0. The first kappa shape index (κ1) is 21.9. The van der Waals surface area contributed by atoms with Crippen molar-refractivity contribution in [2.75, 3.05) is 6.54 Å². The van der Waals surface area contributed by atoms with E-state index < -0.39 is 10.0 Å². The molecule has 2 aromatic carbocycles. The van der Waals surface area contributed by atoms with Crippen LogP contribution in [0.25, 0.3) is 0 Å². The number of rotatable bonds is 9. The molecule has 0 spiro atoms. The minimum atomic E-state index is -3.64. The Balaban J connectivity index is 2.19. The van der Waals surface area contributed by atoms with Crippen LogP contribution in [0.5, 0.6) is 0 Å². The smallest absolute Gasteiger partial charge is 0.251 e. The van der Waals surface area contributed by atoms with Crippen molar-refractivity contribution in [3.8, 4) is 0 Å². The van der Waals surface area contributed by atoms with E-state index in [9.17, 15) is 13.2 Å². The second kappa shape index (κ2) is 9.66. The number of nitrogens with zero attached hydrogens (tertiary/aromatic N) is 1. The molecule has 2 aromatic rings. The highest BCUT2D eigenvalue weighted by Gasteiger charge is 2.23. The molecule has 0 heterocycles. The van der Waals surface area contributed by atoms with Gasteiger partial charge in [0.2, 0.25) is 10.0 Å². The molecular weight excluding hydrogens is 372 g/mol. The SMILES string of the molecule is C=CCN(Cc1ccc(C(=O)N[C@H](C)CC)cc1)S(=O)(=O)c1ccc(C)cc1. The number of hydrogen-bond donors (Lipinski definition) is 1. The van der Waals surface area contributed by atoms with Crippen LogP contribution in [0.2, 0.25) is 0 Å². The Morgan fingerprint density at radius 2 is 1.75 bits per heavy atom. The number of nitrogens with one attached hydrogen (secondary N) is 1. The summed E-state index contributed by atoms with van der Waals surface area (Å²) >= 11 is 0. The Kier molecular flexibility index (Phi) is 7.54. The van der Waals surface area contributed by atoms with Gasteiger partial charge < -0.3 is 5.32 Å². The minimum absolute atomic E-state index is 0.106. The molecule has 0 bridgehead atoms. The third-order valence-electron chi connectivity index (χ3n) is 4.56. The summed E-state index contributed by atoms with van der Waals surface area (Å²) in [6.07, 6.45) is 2.43. The van der Waals surface area contributed by atoms with Crippen LogP contribution in [0.4, 0.5) is 0 Å². The normalized spacial score (nSPS) is 12.6. The zero-order valence-corrected chi connectivity index (χ0v) is 17.5. The summed E-state index contributed by atoms with van der Waals surface area (Å²) in [6, 6.07) is 13.9. The van der Waals surface area contributed by atoms with Crippen molar-refractivity contribution in [3.05, 3.63) is 77.9 Å². The Morgan fingerprint density at radius 1 is 1.14 bits per heavy atom. The molecule has 0 saturated carbocycles. The molecule has 5 nitrogen and oxygen atoms in total. The van der Waals surface area contributed by atoms with Crippen LogP contribution in [-0.4, -0.2) is 31.2 Å². The van der Waals surface area contributed by atoms with Crippen molar-refractivity contribution >= 4 is 15.9 Å². The van der Waals surface area contributed by atoms with E-state index in [4.69, 9.17) is 0 Å². The molecule has 1 atom stereocenters. The Morgan fingerprint density at radius 3 is 2.29 bits per heavy atom. The number of amides is 1. The summed E-state index contributed by atoms with van der Waals surface area (Å²) in [6.45, 7) is 9.96. The molecule has 0 aliphatic carbocycles. The van der Waals surface area contributed by atoms with Gasteiger partial charge in [0.15, 0.2) is 0 Å². The molecule has 0 aromatic heterocycles. The van der Waals surface area contributed by atoms with Gasteiger partial charge in [-0.25, -0.2) is 8.42 Å². The molecule has 2 rings (SSSR count). The predicted octanol–water partition coefficient (Wildman–Crippen LogP) is 3.90. The van der Waals surface area contributed by atoms with E-state index in [-0.39, 0.29) is 29.9 Å². The zero-order valence-electron chi connectivity index (χ0n) is 16.7. The highest BCUT2D eigenvalue weighted by molar-refractivity contribution is 7.89. The van der Waals surface area contributed by atoms with Crippen LogP contribution in [0.15, 0.2) is 66.1 Å². The lowest BCUT2D eigenvalue weighted by atomic mass is 10.1. The molecule has 0 aliphatic rings. The number of carbonyl (C=O) groups is 1. The van der Waals surface area contributed by atoms with Crippen molar-refractivity contribution in [2.24, 2.45) is 0 Å². The van der Waals surface area contributed by atoms with Crippen LogP contribution in [0, 0.1) is 6.92 Å². The third kappa shape index (κ3) is 5.53. The summed E-state index contributed by atoms with van der Waals surface area (Å²) in [5.74, 6) is -0.129. The highest BCUT2D eigenvalue weighted by Crippen LogP contribution is 2.19. The van der Waals surface area contributed by atoms with E-state index in [1.165, 1.54) is 4.31 Å². The van der Waals surface area contributed by atoms with Crippen LogP contribution in [-0.2, 0) is 16.6 Å². The quantitative estimate of drug-likeness (QED) is 0.649. The van der Waals surface area contributed by atoms with E-state index >= 15 is 0 Å². The molecule has 0 fully saturated rings. The lowest BCUT2D eigenvalue weighted by Crippen LogP contribution is -2.32. The predicted molar refractivity (Wildman–Crippen MR) is 113 cm³/mol. The monoisotopic (exact) mass is 400 g/mol. The van der Waals surface area contributed by atoms with Crippen molar-refractivity contribution in [3.63, 3.8) is 0 Å². The molecule has 0 saturated heterocycles. The molecule has 6 heteroatoms. The van der Waals surface area contributed by atoms with E-state index in [0.717, 1.165) is 17.5 Å². The summed E-state index contributed by atoms with van der Waals surface area (Å²) in [5, 5.41) is 2.92. The number of aryl methyl sites for hydroxylation is 1. The fraction of sp³-hybridized carbons (Fsp3) is 0.318. The molecule has 1 N–H and O–H groups in total. The van der Waals surface area contributed by atoms with Crippen LogP contribution < -0.4 is 5.32 Å². The van der Waals surface area contributed by atoms with Gasteiger partial charge >= 0.3 is 0 Å². The van der Waals surface area contributed by atoms with Gasteiger partial charge in [-0.15, -0.1) is 6.58 Å². The maximum Gasteiger partial charge on any atom is 0.251 e. The number of hydrogen-bond acceptors (Lipinski definition) is 3. The second-order valence-corrected chi connectivity index (χ2v) is 8.82. The van der Waals surface area contributed by atoms with Gasteiger partial charge in [-0.3, -0.25) is 4.79 Å². The highest BCUT2D eigenvalue weighted by atomic mass is 32.2. The number of carbonyl (C=O) groups excluding carboxylic acids is 1. The molecule has 1 amide bonds. The Labute approximate surface area is 168 Å². The van der Waals surface area contributed by atoms with Gasteiger partial charge in [0.25, 0.3) is 5.91 Å². The molecule has 150 valence electrons. The summed E-state index contributed by atoms with van der Waals surface area (Å²) in [5.41, 5.74) is 2.36. The maximum absolute atomic E-state index is 13.0. The fourth-order valence-corrected chi connectivity index (χ4v) is 4.02. The first-order valence-electron chi connectivity index (χ1n) is 9.35. The summed E-state index contributed by atoms with van der Waals surface area (Å²) in [7, 11) is -3.64. The molecule has 0 radical (unpaired) electrons. The van der Waals surface area contributed by atoms with Gasteiger partial charge in [0.05, 0.1) is 4.90 Å². The lowest BCUT2D eigenvalue weighted by Gasteiger charge is -2.21. The first-order valence-corrected chi connectivity index (χ1v) is 10.8. The second-order valence-electron chi connectivity index (χ2n) is 6.88. The Hall–Kier alpha value is -2.44. The topological polar surface area (TPSA) is 66.5 Å².